The molecular formula is C24H22O9. The molecular weight excluding hydrogens is 432 g/mol. The SMILES string of the molecule is CC(=O)Oc1cc2oc3cc(OC(C)=O)c(CC=C(C)C)c(O)c3c(=O)c2cc1OC(C)=O. The number of phenols is 1. The van der Waals surface area contributed by atoms with Crippen LogP contribution in [0.15, 0.2) is 39.1 Å². The van der Waals surface area contributed by atoms with Crippen molar-refractivity contribution in [3.8, 4) is 23.0 Å². The van der Waals surface area contributed by atoms with Crippen LogP contribution in [0.2, 0.25) is 0 Å². The number of fused-ring (bicyclic) bond motifs is 2. The van der Waals surface area contributed by atoms with E-state index in [1.807, 2.05) is 13.8 Å². The summed E-state index contributed by atoms with van der Waals surface area (Å²) in [6.45, 7) is 7.26. The summed E-state index contributed by atoms with van der Waals surface area (Å²) in [4.78, 5) is 47.9. The lowest BCUT2D eigenvalue weighted by molar-refractivity contribution is -0.134. The van der Waals surface area contributed by atoms with Gasteiger partial charge in [-0.25, -0.2) is 0 Å². The van der Waals surface area contributed by atoms with E-state index in [4.69, 9.17) is 18.6 Å². The monoisotopic (exact) mass is 454 g/mol. The molecule has 0 aliphatic carbocycles. The van der Waals surface area contributed by atoms with Crippen molar-refractivity contribution in [2.24, 2.45) is 0 Å². The highest BCUT2D eigenvalue weighted by Gasteiger charge is 2.22. The largest absolute Gasteiger partial charge is 0.507 e. The molecule has 1 heterocycles. The molecule has 0 aliphatic rings. The molecule has 3 aromatic rings. The van der Waals surface area contributed by atoms with E-state index < -0.39 is 29.1 Å². The zero-order valence-electron chi connectivity index (χ0n) is 18.7. The molecule has 1 aromatic heterocycles. The summed E-state index contributed by atoms with van der Waals surface area (Å²) in [6.07, 6.45) is 2.01. The molecule has 0 atom stereocenters. The predicted molar refractivity (Wildman–Crippen MR) is 119 cm³/mol. The first kappa shape index (κ1) is 23.5. The molecule has 0 spiro atoms. The number of phenolic OH excluding ortho intramolecular Hbond substituents is 1. The van der Waals surface area contributed by atoms with Crippen molar-refractivity contribution in [1.82, 2.24) is 0 Å². The van der Waals surface area contributed by atoms with E-state index in [-0.39, 0.29) is 51.2 Å². The van der Waals surface area contributed by atoms with Crippen LogP contribution in [0.3, 0.4) is 0 Å². The van der Waals surface area contributed by atoms with Crippen LogP contribution in [0.4, 0.5) is 0 Å². The quantitative estimate of drug-likeness (QED) is 0.264. The molecule has 0 saturated heterocycles. The van der Waals surface area contributed by atoms with Crippen LogP contribution >= 0.6 is 0 Å². The molecule has 1 N–H and O–H groups in total. The minimum atomic E-state index is -0.689. The first-order valence-electron chi connectivity index (χ1n) is 9.96. The van der Waals surface area contributed by atoms with Gasteiger partial charge in [0.1, 0.15) is 28.1 Å². The molecule has 33 heavy (non-hydrogen) atoms. The van der Waals surface area contributed by atoms with Gasteiger partial charge in [-0.3, -0.25) is 19.2 Å². The van der Waals surface area contributed by atoms with Crippen molar-refractivity contribution in [1.29, 1.82) is 0 Å². The minimum absolute atomic E-state index is 0.00451. The third-order valence-corrected chi connectivity index (χ3v) is 4.54. The van der Waals surface area contributed by atoms with Gasteiger partial charge in [-0.1, -0.05) is 11.6 Å². The highest BCUT2D eigenvalue weighted by atomic mass is 16.6. The number of carbonyl (C=O) groups is 3. The van der Waals surface area contributed by atoms with Crippen molar-refractivity contribution in [3.63, 3.8) is 0 Å². The average molecular weight is 454 g/mol. The molecule has 0 fully saturated rings. The van der Waals surface area contributed by atoms with Crippen LogP contribution in [0.5, 0.6) is 23.0 Å². The van der Waals surface area contributed by atoms with Crippen LogP contribution < -0.4 is 19.6 Å². The van der Waals surface area contributed by atoms with Crippen molar-refractivity contribution in [3.05, 3.63) is 45.6 Å². The van der Waals surface area contributed by atoms with Crippen molar-refractivity contribution < 1.29 is 38.1 Å². The Bertz CT molecular complexity index is 1390. The first-order valence-corrected chi connectivity index (χ1v) is 9.96. The molecule has 0 unspecified atom stereocenters. The van der Waals surface area contributed by atoms with Crippen LogP contribution in [-0.4, -0.2) is 23.0 Å². The van der Waals surface area contributed by atoms with E-state index in [1.54, 1.807) is 6.08 Å². The Kier molecular flexibility index (Phi) is 6.52. The smallest absolute Gasteiger partial charge is 0.308 e. The van der Waals surface area contributed by atoms with E-state index in [9.17, 15) is 24.3 Å². The van der Waals surface area contributed by atoms with E-state index in [0.717, 1.165) is 19.4 Å². The van der Waals surface area contributed by atoms with E-state index >= 15 is 0 Å². The fourth-order valence-corrected chi connectivity index (χ4v) is 3.24. The minimum Gasteiger partial charge on any atom is -0.507 e. The van der Waals surface area contributed by atoms with Crippen molar-refractivity contribution >= 4 is 39.8 Å². The normalized spacial score (nSPS) is 10.7. The topological polar surface area (TPSA) is 129 Å². The van der Waals surface area contributed by atoms with Crippen molar-refractivity contribution in [2.75, 3.05) is 0 Å². The highest BCUT2D eigenvalue weighted by Crippen LogP contribution is 2.39. The van der Waals surface area contributed by atoms with Gasteiger partial charge >= 0.3 is 17.9 Å². The second-order valence-corrected chi connectivity index (χ2v) is 7.57. The molecule has 0 aliphatic heterocycles. The number of aromatic hydroxyl groups is 1. The second kappa shape index (κ2) is 9.15. The third kappa shape index (κ3) is 5.03. The van der Waals surface area contributed by atoms with Gasteiger partial charge in [-0.15, -0.1) is 0 Å². The summed E-state index contributed by atoms with van der Waals surface area (Å²) in [5, 5.41) is 10.8. The summed E-state index contributed by atoms with van der Waals surface area (Å²) >= 11 is 0. The maximum absolute atomic E-state index is 13.3. The van der Waals surface area contributed by atoms with E-state index in [0.29, 0.717) is 0 Å². The van der Waals surface area contributed by atoms with Gasteiger partial charge in [0.15, 0.2) is 11.5 Å². The Hall–Kier alpha value is -4.14. The molecule has 172 valence electrons. The number of rotatable bonds is 5. The fraction of sp³-hybridized carbons (Fsp3) is 0.250. The lowest BCUT2D eigenvalue weighted by Crippen LogP contribution is -2.10. The lowest BCUT2D eigenvalue weighted by atomic mass is 10.0. The van der Waals surface area contributed by atoms with Crippen LogP contribution in [0.25, 0.3) is 21.9 Å². The Morgan fingerprint density at radius 3 is 1.91 bits per heavy atom. The summed E-state index contributed by atoms with van der Waals surface area (Å²) in [7, 11) is 0. The Labute approximate surface area is 188 Å². The standard InChI is InChI=1S/C24H22O9/c1-11(2)6-7-15-17(30-12(3)25)10-21-22(23(15)28)24(29)16-8-19(31-13(4)26)20(32-14(5)27)9-18(16)33-21/h6,8-10,28H,7H2,1-5H3. The number of allylic oxidation sites excluding steroid dienone is 2. The van der Waals surface area contributed by atoms with Gasteiger partial charge in [-0.2, -0.15) is 0 Å². The van der Waals surface area contributed by atoms with E-state index in [1.165, 1.54) is 25.1 Å². The number of esters is 3. The van der Waals surface area contributed by atoms with E-state index in [2.05, 4.69) is 0 Å². The predicted octanol–water partition coefficient (Wildman–Crippen LogP) is 3.94. The highest BCUT2D eigenvalue weighted by molar-refractivity contribution is 5.96. The Morgan fingerprint density at radius 1 is 0.848 bits per heavy atom. The van der Waals surface area contributed by atoms with Gasteiger partial charge in [0.05, 0.1) is 5.39 Å². The van der Waals surface area contributed by atoms with Crippen LogP contribution in [0.1, 0.15) is 40.2 Å². The third-order valence-electron chi connectivity index (χ3n) is 4.54. The molecule has 9 nitrogen and oxygen atoms in total. The first-order chi connectivity index (χ1) is 15.5. The van der Waals surface area contributed by atoms with Crippen LogP contribution in [-0.2, 0) is 20.8 Å². The van der Waals surface area contributed by atoms with Gasteiger partial charge in [0.2, 0.25) is 5.43 Å². The Balaban J connectivity index is 2.38. The zero-order chi connectivity index (χ0) is 24.4. The zero-order valence-corrected chi connectivity index (χ0v) is 18.7. The summed E-state index contributed by atoms with van der Waals surface area (Å²) in [6, 6.07) is 3.78. The number of carbonyl (C=O) groups excluding carboxylic acids is 3. The van der Waals surface area contributed by atoms with Gasteiger partial charge < -0.3 is 23.7 Å². The summed E-state index contributed by atoms with van der Waals surface area (Å²) < 4.78 is 21.2. The Morgan fingerprint density at radius 2 is 1.36 bits per heavy atom. The number of hydrogen-bond donors (Lipinski definition) is 1. The lowest BCUT2D eigenvalue weighted by Gasteiger charge is -2.14. The maximum Gasteiger partial charge on any atom is 0.308 e. The molecule has 3 rings (SSSR count). The molecule has 0 radical (unpaired) electrons. The molecule has 0 bridgehead atoms. The van der Waals surface area contributed by atoms with Gasteiger partial charge in [0, 0.05) is 38.5 Å². The maximum atomic E-state index is 13.3. The summed E-state index contributed by atoms with van der Waals surface area (Å²) in [5.74, 6) is -2.61. The fourth-order valence-electron chi connectivity index (χ4n) is 3.24. The van der Waals surface area contributed by atoms with Crippen molar-refractivity contribution in [2.45, 2.75) is 41.0 Å². The van der Waals surface area contributed by atoms with Crippen LogP contribution in [0, 0.1) is 0 Å². The molecule has 2 aromatic carbocycles. The molecule has 0 saturated carbocycles. The molecule has 0 amide bonds. The summed E-state index contributed by atoms with van der Waals surface area (Å²) in [5.41, 5.74) is 0.542. The number of ether oxygens (including phenoxy) is 3. The molecule has 9 heteroatoms. The number of hydrogen-bond acceptors (Lipinski definition) is 9. The number of benzene rings is 2. The second-order valence-electron chi connectivity index (χ2n) is 7.57. The van der Waals surface area contributed by atoms with Gasteiger partial charge in [0.25, 0.3) is 0 Å². The average Bonchev–Trinajstić information content (AvgIpc) is 2.67. The van der Waals surface area contributed by atoms with Gasteiger partial charge in [-0.05, 0) is 26.3 Å².